The van der Waals surface area contributed by atoms with Crippen molar-refractivity contribution in [1.29, 1.82) is 0 Å². The number of nitrogens with one attached hydrogen (secondary N) is 2. The van der Waals surface area contributed by atoms with Gasteiger partial charge >= 0.3 is 5.97 Å². The van der Waals surface area contributed by atoms with E-state index in [4.69, 9.17) is 4.74 Å². The van der Waals surface area contributed by atoms with Gasteiger partial charge in [-0.2, -0.15) is 0 Å². The second-order valence-corrected chi connectivity index (χ2v) is 8.11. The Morgan fingerprint density at radius 1 is 1.21 bits per heavy atom. The van der Waals surface area contributed by atoms with Gasteiger partial charge in [0.1, 0.15) is 10.6 Å². The Balaban J connectivity index is 2.11. The molecule has 1 aromatic carbocycles. The first kappa shape index (κ1) is 21.6. The fraction of sp³-hybridized carbons (Fsp3) is 0.368. The number of hydrogen-bond donors (Lipinski definition) is 2. The second kappa shape index (κ2) is 9.52. The maximum Gasteiger partial charge on any atom is 0.311 e. The van der Waals surface area contributed by atoms with Gasteiger partial charge in [-0.15, -0.1) is 0 Å². The number of hydrogen-bond acceptors (Lipinski definition) is 5. The van der Waals surface area contributed by atoms with Gasteiger partial charge in [0.05, 0.1) is 12.5 Å². The van der Waals surface area contributed by atoms with E-state index in [9.17, 15) is 18.0 Å². The number of amides is 1. The Kier molecular flexibility index (Phi) is 7.36. The van der Waals surface area contributed by atoms with Gasteiger partial charge in [0.25, 0.3) is 5.91 Å². The molecule has 28 heavy (non-hydrogen) atoms. The summed E-state index contributed by atoms with van der Waals surface area (Å²) < 4.78 is 32.6. The van der Waals surface area contributed by atoms with Crippen LogP contribution in [0.1, 0.15) is 23.0 Å². The van der Waals surface area contributed by atoms with E-state index in [0.717, 1.165) is 5.56 Å². The van der Waals surface area contributed by atoms with Gasteiger partial charge in [-0.05, 0) is 32.0 Å². The topological polar surface area (TPSA) is 106 Å². The smallest absolute Gasteiger partial charge is 0.311 e. The average molecular weight is 407 g/mol. The van der Waals surface area contributed by atoms with Gasteiger partial charge in [-0.1, -0.05) is 30.3 Å². The van der Waals surface area contributed by atoms with Crippen LogP contribution in [0, 0.1) is 5.92 Å². The summed E-state index contributed by atoms with van der Waals surface area (Å²) in [6, 6.07) is 10.7. The van der Waals surface area contributed by atoms with Crippen LogP contribution in [0.2, 0.25) is 0 Å². The van der Waals surface area contributed by atoms with Gasteiger partial charge in [-0.3, -0.25) is 9.59 Å². The average Bonchev–Trinajstić information content (AvgIpc) is 3.08. The molecule has 0 fully saturated rings. The van der Waals surface area contributed by atoms with Gasteiger partial charge in [0, 0.05) is 19.8 Å². The molecule has 2 N–H and O–H groups in total. The molecule has 0 saturated heterocycles. The first-order valence-electron chi connectivity index (χ1n) is 8.87. The molecule has 0 spiro atoms. The summed E-state index contributed by atoms with van der Waals surface area (Å²) in [5.74, 6) is -1.41. The van der Waals surface area contributed by atoms with Crippen molar-refractivity contribution in [2.75, 3.05) is 20.2 Å². The lowest BCUT2D eigenvalue weighted by Crippen LogP contribution is -2.35. The maximum atomic E-state index is 12.5. The Morgan fingerprint density at radius 3 is 2.50 bits per heavy atom. The molecule has 1 atom stereocenters. The van der Waals surface area contributed by atoms with Crippen LogP contribution in [0.3, 0.4) is 0 Å². The molecule has 0 aliphatic rings. The van der Waals surface area contributed by atoms with Crippen LogP contribution in [-0.2, 0) is 33.0 Å². The normalized spacial score (nSPS) is 12.4. The van der Waals surface area contributed by atoms with Crippen LogP contribution in [0.15, 0.2) is 47.5 Å². The summed E-state index contributed by atoms with van der Waals surface area (Å²) in [6.45, 7) is 2.05. The largest absolute Gasteiger partial charge is 0.466 e. The lowest BCUT2D eigenvalue weighted by Gasteiger charge is -2.16. The number of sulfonamides is 1. The number of esters is 1. The quantitative estimate of drug-likeness (QED) is 0.605. The molecule has 2 aromatic rings. The van der Waals surface area contributed by atoms with Crippen LogP contribution in [0.4, 0.5) is 0 Å². The zero-order valence-electron chi connectivity index (χ0n) is 16.1. The molecule has 0 bridgehead atoms. The molecule has 2 rings (SSSR count). The van der Waals surface area contributed by atoms with E-state index < -0.39 is 27.8 Å². The number of rotatable bonds is 9. The summed E-state index contributed by atoms with van der Waals surface area (Å²) in [4.78, 5) is 24.8. The van der Waals surface area contributed by atoms with E-state index >= 15 is 0 Å². The Labute approximate surface area is 164 Å². The van der Waals surface area contributed by atoms with E-state index in [1.165, 1.54) is 23.9 Å². The highest BCUT2D eigenvalue weighted by Gasteiger charge is 2.23. The third-order valence-corrected chi connectivity index (χ3v) is 5.63. The van der Waals surface area contributed by atoms with Crippen LogP contribution in [0.5, 0.6) is 0 Å². The molecule has 8 nitrogen and oxygen atoms in total. The van der Waals surface area contributed by atoms with Crippen molar-refractivity contribution in [2.45, 2.75) is 18.2 Å². The molecular formula is C19H25N3O5S. The SMILES string of the molecule is CCOC(=O)C(CNC(=O)c1cc(S(=O)(=O)NC)cn1C)Cc1ccccc1. The highest BCUT2D eigenvalue weighted by Crippen LogP contribution is 2.14. The van der Waals surface area contributed by atoms with Crippen LogP contribution >= 0.6 is 0 Å². The Hall–Kier alpha value is -2.65. The van der Waals surface area contributed by atoms with Gasteiger partial charge < -0.3 is 14.6 Å². The van der Waals surface area contributed by atoms with Crippen LogP contribution in [0.25, 0.3) is 0 Å². The molecule has 0 radical (unpaired) electrons. The Bertz CT molecular complexity index is 922. The summed E-state index contributed by atoms with van der Waals surface area (Å²) in [5, 5.41) is 2.71. The second-order valence-electron chi connectivity index (χ2n) is 6.23. The van der Waals surface area contributed by atoms with E-state index in [-0.39, 0.29) is 23.7 Å². The predicted molar refractivity (Wildman–Crippen MR) is 104 cm³/mol. The van der Waals surface area contributed by atoms with E-state index in [1.54, 1.807) is 14.0 Å². The van der Waals surface area contributed by atoms with Gasteiger partial charge in [0.2, 0.25) is 10.0 Å². The first-order chi connectivity index (χ1) is 13.3. The number of benzene rings is 1. The first-order valence-corrected chi connectivity index (χ1v) is 10.4. The van der Waals surface area contributed by atoms with Crippen molar-refractivity contribution in [3.63, 3.8) is 0 Å². The van der Waals surface area contributed by atoms with Crippen molar-refractivity contribution in [3.8, 4) is 0 Å². The minimum atomic E-state index is -3.65. The molecule has 0 saturated carbocycles. The standard InChI is InChI=1S/C19H25N3O5S/c1-4-27-19(24)15(10-14-8-6-5-7-9-14)12-21-18(23)17-11-16(13-22(17)3)28(25,26)20-2/h5-9,11,13,15,20H,4,10,12H2,1-3H3,(H,21,23). The number of carbonyl (C=O) groups excluding carboxylic acids is 2. The van der Waals surface area contributed by atoms with Crippen LogP contribution < -0.4 is 10.0 Å². The zero-order chi connectivity index (χ0) is 20.7. The summed E-state index contributed by atoms with van der Waals surface area (Å²) in [7, 11) is -0.770. The Morgan fingerprint density at radius 2 is 1.89 bits per heavy atom. The molecule has 152 valence electrons. The lowest BCUT2D eigenvalue weighted by molar-refractivity contribution is -0.147. The van der Waals surface area contributed by atoms with Crippen molar-refractivity contribution in [1.82, 2.24) is 14.6 Å². The highest BCUT2D eigenvalue weighted by atomic mass is 32.2. The minimum Gasteiger partial charge on any atom is -0.466 e. The van der Waals surface area contributed by atoms with E-state index in [0.29, 0.717) is 6.42 Å². The highest BCUT2D eigenvalue weighted by molar-refractivity contribution is 7.89. The fourth-order valence-corrected chi connectivity index (χ4v) is 3.53. The molecule has 1 heterocycles. The van der Waals surface area contributed by atoms with Crippen molar-refractivity contribution in [3.05, 3.63) is 53.9 Å². The number of nitrogens with zero attached hydrogens (tertiary/aromatic N) is 1. The molecule has 1 amide bonds. The predicted octanol–water partition coefficient (Wildman–Crippen LogP) is 1.09. The monoisotopic (exact) mass is 407 g/mol. The zero-order valence-corrected chi connectivity index (χ0v) is 17.0. The summed E-state index contributed by atoms with van der Waals surface area (Å²) >= 11 is 0. The molecule has 0 aliphatic carbocycles. The summed E-state index contributed by atoms with van der Waals surface area (Å²) in [6.07, 6.45) is 1.78. The number of aromatic nitrogens is 1. The third-order valence-electron chi connectivity index (χ3n) is 4.25. The van der Waals surface area contributed by atoms with Crippen molar-refractivity contribution >= 4 is 21.9 Å². The number of aryl methyl sites for hydroxylation is 1. The summed E-state index contributed by atoms with van der Waals surface area (Å²) in [5.41, 5.74) is 1.13. The molecular weight excluding hydrogens is 382 g/mol. The van der Waals surface area contributed by atoms with Crippen molar-refractivity contribution in [2.24, 2.45) is 13.0 Å². The molecule has 0 aliphatic heterocycles. The molecule has 1 aromatic heterocycles. The van der Waals surface area contributed by atoms with Gasteiger partial charge in [0.15, 0.2) is 0 Å². The third kappa shape index (κ3) is 5.43. The molecule has 1 unspecified atom stereocenters. The van der Waals surface area contributed by atoms with E-state index in [2.05, 4.69) is 10.0 Å². The van der Waals surface area contributed by atoms with Gasteiger partial charge in [-0.25, -0.2) is 13.1 Å². The minimum absolute atomic E-state index is 0.00567. The molecule has 9 heteroatoms. The number of ether oxygens (including phenoxy) is 1. The van der Waals surface area contributed by atoms with Crippen molar-refractivity contribution < 1.29 is 22.7 Å². The fourth-order valence-electron chi connectivity index (χ4n) is 2.73. The van der Waals surface area contributed by atoms with Crippen LogP contribution in [-0.4, -0.2) is 45.1 Å². The lowest BCUT2D eigenvalue weighted by atomic mass is 9.99. The maximum absolute atomic E-state index is 12.5. The number of carbonyl (C=O) groups is 2. The van der Waals surface area contributed by atoms with E-state index in [1.807, 2.05) is 30.3 Å².